The summed E-state index contributed by atoms with van der Waals surface area (Å²) in [5.41, 5.74) is 0.820. The van der Waals surface area contributed by atoms with Gasteiger partial charge in [-0.05, 0) is 49.7 Å². The first-order valence-electron chi connectivity index (χ1n) is 8.64. The molecule has 0 aliphatic rings. The Morgan fingerprint density at radius 3 is 2.89 bits per heavy atom. The minimum absolute atomic E-state index is 0.141. The predicted molar refractivity (Wildman–Crippen MR) is 100 cm³/mol. The molecule has 0 spiro atoms. The van der Waals surface area contributed by atoms with Crippen LogP contribution in [0.1, 0.15) is 25.5 Å². The Hall–Kier alpha value is -3.22. The molecular weight excluding hydrogens is 349 g/mol. The van der Waals surface area contributed by atoms with E-state index in [4.69, 9.17) is 4.74 Å². The normalized spacial score (nSPS) is 12.0. The molecule has 0 aliphatic carbocycles. The number of benzene rings is 2. The van der Waals surface area contributed by atoms with E-state index in [2.05, 4.69) is 10.3 Å². The molecule has 7 heteroatoms. The van der Waals surface area contributed by atoms with Gasteiger partial charge in [-0.1, -0.05) is 12.1 Å². The van der Waals surface area contributed by atoms with Crippen LogP contribution in [0.25, 0.3) is 10.9 Å². The number of hydrogen-bond donors (Lipinski definition) is 1. The third kappa shape index (κ3) is 4.31. The van der Waals surface area contributed by atoms with Crippen molar-refractivity contribution in [3.63, 3.8) is 0 Å². The maximum absolute atomic E-state index is 13.4. The van der Waals surface area contributed by atoms with Crippen molar-refractivity contribution in [2.75, 3.05) is 6.61 Å². The minimum Gasteiger partial charge on any atom is -0.494 e. The zero-order valence-electron chi connectivity index (χ0n) is 15.1. The van der Waals surface area contributed by atoms with Crippen molar-refractivity contribution >= 4 is 16.8 Å². The molecule has 1 aromatic heterocycles. The molecule has 1 amide bonds. The Kier molecular flexibility index (Phi) is 5.49. The standard InChI is InChI=1S/C20H20FN3O3/c1-3-27-16-6-4-5-14(9-16)13(2)23-19(25)11-24-12-22-18-8-7-15(21)10-17(18)20(24)26/h4-10,12-13H,3,11H2,1-2H3,(H,23,25). The molecule has 0 saturated heterocycles. The summed E-state index contributed by atoms with van der Waals surface area (Å²) in [6.45, 7) is 4.11. The van der Waals surface area contributed by atoms with Crippen LogP contribution >= 0.6 is 0 Å². The maximum Gasteiger partial charge on any atom is 0.261 e. The molecule has 1 atom stereocenters. The summed E-state index contributed by atoms with van der Waals surface area (Å²) in [5, 5.41) is 2.99. The lowest BCUT2D eigenvalue weighted by atomic mass is 10.1. The first-order valence-corrected chi connectivity index (χ1v) is 8.64. The lowest BCUT2D eigenvalue weighted by molar-refractivity contribution is -0.122. The number of aromatic nitrogens is 2. The molecule has 0 aliphatic heterocycles. The lowest BCUT2D eigenvalue weighted by Crippen LogP contribution is -2.34. The second-order valence-electron chi connectivity index (χ2n) is 6.13. The van der Waals surface area contributed by atoms with Crippen LogP contribution in [0.4, 0.5) is 4.39 Å². The van der Waals surface area contributed by atoms with E-state index in [1.807, 2.05) is 38.1 Å². The summed E-state index contributed by atoms with van der Waals surface area (Å²) in [6, 6.07) is 11.0. The Morgan fingerprint density at radius 2 is 2.11 bits per heavy atom. The zero-order chi connectivity index (χ0) is 19.4. The number of amides is 1. The summed E-state index contributed by atoms with van der Waals surface area (Å²) in [4.78, 5) is 28.9. The van der Waals surface area contributed by atoms with Gasteiger partial charge in [0.25, 0.3) is 5.56 Å². The van der Waals surface area contributed by atoms with E-state index < -0.39 is 11.4 Å². The molecule has 0 saturated carbocycles. The SMILES string of the molecule is CCOc1cccc(C(C)NC(=O)Cn2cnc3ccc(F)cc3c2=O)c1. The fourth-order valence-electron chi connectivity index (χ4n) is 2.81. The van der Waals surface area contributed by atoms with Crippen LogP contribution in [0, 0.1) is 5.82 Å². The number of carbonyl (C=O) groups excluding carboxylic acids is 1. The highest BCUT2D eigenvalue weighted by molar-refractivity contribution is 5.79. The molecule has 1 heterocycles. The second-order valence-corrected chi connectivity index (χ2v) is 6.13. The maximum atomic E-state index is 13.4. The lowest BCUT2D eigenvalue weighted by Gasteiger charge is -2.16. The number of fused-ring (bicyclic) bond motifs is 1. The number of nitrogens with one attached hydrogen (secondary N) is 1. The molecule has 1 N–H and O–H groups in total. The molecule has 2 aromatic carbocycles. The topological polar surface area (TPSA) is 73.2 Å². The second kappa shape index (κ2) is 7.99. The number of nitrogens with zero attached hydrogens (tertiary/aromatic N) is 2. The van der Waals surface area contributed by atoms with Crippen molar-refractivity contribution in [1.82, 2.24) is 14.9 Å². The van der Waals surface area contributed by atoms with Crippen molar-refractivity contribution < 1.29 is 13.9 Å². The first-order chi connectivity index (χ1) is 13.0. The highest BCUT2D eigenvalue weighted by atomic mass is 19.1. The van der Waals surface area contributed by atoms with Gasteiger partial charge in [0, 0.05) is 0 Å². The molecule has 6 nitrogen and oxygen atoms in total. The van der Waals surface area contributed by atoms with Crippen LogP contribution in [0.15, 0.2) is 53.6 Å². The van der Waals surface area contributed by atoms with Gasteiger partial charge in [0.05, 0.1) is 29.9 Å². The molecule has 27 heavy (non-hydrogen) atoms. The Bertz CT molecular complexity index is 1030. The van der Waals surface area contributed by atoms with Crippen LogP contribution < -0.4 is 15.6 Å². The third-order valence-electron chi connectivity index (χ3n) is 4.15. The zero-order valence-corrected chi connectivity index (χ0v) is 15.1. The van der Waals surface area contributed by atoms with Gasteiger partial charge in [-0.3, -0.25) is 14.2 Å². The van der Waals surface area contributed by atoms with Crippen LogP contribution in [-0.4, -0.2) is 22.1 Å². The van der Waals surface area contributed by atoms with Gasteiger partial charge in [-0.15, -0.1) is 0 Å². The molecule has 3 aromatic rings. The van der Waals surface area contributed by atoms with Crippen molar-refractivity contribution in [3.8, 4) is 5.75 Å². The summed E-state index contributed by atoms with van der Waals surface area (Å²) < 4.78 is 20.0. The molecule has 3 rings (SSSR count). The van der Waals surface area contributed by atoms with Gasteiger partial charge in [0.1, 0.15) is 18.1 Å². The highest BCUT2D eigenvalue weighted by Crippen LogP contribution is 2.19. The fraction of sp³-hybridized carbons (Fsp3) is 0.250. The highest BCUT2D eigenvalue weighted by Gasteiger charge is 2.13. The van der Waals surface area contributed by atoms with Crippen molar-refractivity contribution in [2.45, 2.75) is 26.4 Å². The number of halogens is 1. The van der Waals surface area contributed by atoms with Crippen LogP contribution in [-0.2, 0) is 11.3 Å². The first kappa shape index (κ1) is 18.6. The quantitative estimate of drug-likeness (QED) is 0.725. The summed E-state index contributed by atoms with van der Waals surface area (Å²) >= 11 is 0. The van der Waals surface area contributed by atoms with E-state index in [-0.39, 0.29) is 23.9 Å². The van der Waals surface area contributed by atoms with Gasteiger partial charge in [-0.2, -0.15) is 0 Å². The monoisotopic (exact) mass is 369 g/mol. The van der Waals surface area contributed by atoms with Gasteiger partial charge >= 0.3 is 0 Å². The molecule has 140 valence electrons. The Morgan fingerprint density at radius 1 is 1.30 bits per heavy atom. The van der Waals surface area contributed by atoms with Gasteiger partial charge in [-0.25, -0.2) is 9.37 Å². The van der Waals surface area contributed by atoms with Crippen LogP contribution in [0.5, 0.6) is 5.75 Å². The van der Waals surface area contributed by atoms with Crippen molar-refractivity contribution in [3.05, 3.63) is 70.5 Å². The number of hydrogen-bond acceptors (Lipinski definition) is 4. The van der Waals surface area contributed by atoms with E-state index in [0.717, 1.165) is 17.4 Å². The summed E-state index contributed by atoms with van der Waals surface area (Å²) in [7, 11) is 0. The fourth-order valence-corrected chi connectivity index (χ4v) is 2.81. The smallest absolute Gasteiger partial charge is 0.261 e. The van der Waals surface area contributed by atoms with E-state index in [1.54, 1.807) is 0 Å². The van der Waals surface area contributed by atoms with E-state index in [0.29, 0.717) is 12.1 Å². The predicted octanol–water partition coefficient (Wildman–Crippen LogP) is 2.81. The van der Waals surface area contributed by atoms with Crippen LogP contribution in [0.2, 0.25) is 0 Å². The summed E-state index contributed by atoms with van der Waals surface area (Å²) in [5.74, 6) is -0.136. The molecule has 0 bridgehead atoms. The minimum atomic E-state index is -0.522. The van der Waals surface area contributed by atoms with E-state index in [9.17, 15) is 14.0 Å². The summed E-state index contributed by atoms with van der Waals surface area (Å²) in [6.07, 6.45) is 1.29. The largest absolute Gasteiger partial charge is 0.494 e. The van der Waals surface area contributed by atoms with Crippen molar-refractivity contribution in [1.29, 1.82) is 0 Å². The molecular formula is C20H20FN3O3. The molecule has 0 radical (unpaired) electrons. The molecule has 1 unspecified atom stereocenters. The Balaban J connectivity index is 1.74. The average Bonchev–Trinajstić information content (AvgIpc) is 2.65. The van der Waals surface area contributed by atoms with E-state index in [1.165, 1.54) is 23.0 Å². The number of carbonyl (C=O) groups is 1. The number of ether oxygens (including phenoxy) is 1. The average molecular weight is 369 g/mol. The van der Waals surface area contributed by atoms with Crippen LogP contribution in [0.3, 0.4) is 0 Å². The van der Waals surface area contributed by atoms with Gasteiger partial charge in [0.2, 0.25) is 5.91 Å². The Labute approximate surface area is 155 Å². The van der Waals surface area contributed by atoms with Gasteiger partial charge < -0.3 is 10.1 Å². The van der Waals surface area contributed by atoms with E-state index >= 15 is 0 Å². The molecule has 0 fully saturated rings. The number of rotatable bonds is 6. The third-order valence-corrected chi connectivity index (χ3v) is 4.15. The van der Waals surface area contributed by atoms with Crippen molar-refractivity contribution in [2.24, 2.45) is 0 Å². The van der Waals surface area contributed by atoms with Gasteiger partial charge in [0.15, 0.2) is 0 Å².